The molecule has 0 bridgehead atoms. The van der Waals surface area contributed by atoms with Gasteiger partial charge in [0.15, 0.2) is 11.5 Å². The molecule has 23 heavy (non-hydrogen) atoms. The van der Waals surface area contributed by atoms with Crippen molar-refractivity contribution in [3.05, 3.63) is 22.7 Å². The van der Waals surface area contributed by atoms with Crippen molar-refractivity contribution >= 4 is 17.6 Å². The predicted octanol–water partition coefficient (Wildman–Crippen LogP) is 3.49. The topological polar surface area (TPSA) is 59.6 Å². The van der Waals surface area contributed by atoms with Gasteiger partial charge in [0, 0.05) is 12.6 Å². The number of halogens is 1. The lowest BCUT2D eigenvalue weighted by atomic mass is 9.87. The number of amides is 2. The highest BCUT2D eigenvalue weighted by Crippen LogP contribution is 2.38. The van der Waals surface area contributed by atoms with Gasteiger partial charge in [-0.1, -0.05) is 31.4 Å². The van der Waals surface area contributed by atoms with Gasteiger partial charge < -0.3 is 20.1 Å². The van der Waals surface area contributed by atoms with Crippen LogP contribution < -0.4 is 20.1 Å². The smallest absolute Gasteiger partial charge is 0.315 e. The van der Waals surface area contributed by atoms with Crippen LogP contribution in [0.4, 0.5) is 4.79 Å². The van der Waals surface area contributed by atoms with E-state index in [9.17, 15) is 4.79 Å². The van der Waals surface area contributed by atoms with Crippen LogP contribution in [-0.2, 0) is 6.54 Å². The molecule has 1 heterocycles. The highest BCUT2D eigenvalue weighted by Gasteiger charge is 2.20. The van der Waals surface area contributed by atoms with Gasteiger partial charge in [0.05, 0.1) is 5.02 Å². The van der Waals surface area contributed by atoms with E-state index in [-0.39, 0.29) is 12.1 Å². The highest BCUT2D eigenvalue weighted by atomic mass is 35.5. The van der Waals surface area contributed by atoms with Crippen molar-refractivity contribution in [2.45, 2.75) is 45.2 Å². The standard InChI is InChI=1S/C17H23ClN2O3/c1-11-3-2-4-13(7-11)20-17(21)19-10-12-8-14(18)16-15(9-12)22-5-6-23-16/h8-9,11,13H,2-7,10H2,1H3,(H2,19,20,21). The zero-order valence-electron chi connectivity index (χ0n) is 13.4. The van der Waals surface area contributed by atoms with Crippen LogP contribution in [0.15, 0.2) is 12.1 Å². The number of benzene rings is 1. The summed E-state index contributed by atoms with van der Waals surface area (Å²) in [5, 5.41) is 6.46. The summed E-state index contributed by atoms with van der Waals surface area (Å²) >= 11 is 6.20. The Hall–Kier alpha value is -1.62. The number of ether oxygens (including phenoxy) is 2. The van der Waals surface area contributed by atoms with E-state index in [0.29, 0.717) is 42.2 Å². The molecule has 0 spiro atoms. The van der Waals surface area contributed by atoms with Gasteiger partial charge in [0.1, 0.15) is 13.2 Å². The lowest BCUT2D eigenvalue weighted by Gasteiger charge is -2.27. The molecule has 0 aromatic heterocycles. The fourth-order valence-corrected chi connectivity index (χ4v) is 3.54. The Bertz CT molecular complexity index is 579. The summed E-state index contributed by atoms with van der Waals surface area (Å²) in [6.45, 7) is 3.67. The molecular weight excluding hydrogens is 316 g/mol. The van der Waals surface area contributed by atoms with Crippen molar-refractivity contribution in [3.63, 3.8) is 0 Å². The summed E-state index contributed by atoms with van der Waals surface area (Å²) in [4.78, 5) is 12.1. The quantitative estimate of drug-likeness (QED) is 0.887. The van der Waals surface area contributed by atoms with Crippen molar-refractivity contribution in [1.29, 1.82) is 0 Å². The van der Waals surface area contributed by atoms with Crippen LogP contribution in [0.5, 0.6) is 11.5 Å². The monoisotopic (exact) mass is 338 g/mol. The minimum absolute atomic E-state index is 0.130. The predicted molar refractivity (Wildman–Crippen MR) is 89.2 cm³/mol. The molecule has 3 rings (SSSR count). The average molecular weight is 339 g/mol. The molecular formula is C17H23ClN2O3. The maximum absolute atomic E-state index is 12.1. The molecule has 0 radical (unpaired) electrons. The van der Waals surface area contributed by atoms with Crippen LogP contribution in [-0.4, -0.2) is 25.3 Å². The average Bonchev–Trinajstić information content (AvgIpc) is 2.53. The van der Waals surface area contributed by atoms with Gasteiger partial charge in [-0.05, 0) is 36.5 Å². The Morgan fingerprint density at radius 3 is 2.96 bits per heavy atom. The minimum Gasteiger partial charge on any atom is -0.486 e. The molecule has 0 saturated heterocycles. The fourth-order valence-electron chi connectivity index (χ4n) is 3.25. The number of hydrogen-bond acceptors (Lipinski definition) is 3. The maximum atomic E-state index is 12.1. The molecule has 2 unspecified atom stereocenters. The molecule has 1 aromatic carbocycles. The third-order valence-corrected chi connectivity index (χ3v) is 4.66. The summed E-state index contributed by atoms with van der Waals surface area (Å²) in [5.74, 6) is 1.91. The molecule has 1 saturated carbocycles. The molecule has 6 heteroatoms. The first-order valence-corrected chi connectivity index (χ1v) is 8.62. The number of rotatable bonds is 3. The van der Waals surface area contributed by atoms with Crippen LogP contribution in [0.25, 0.3) is 0 Å². The minimum atomic E-state index is -0.130. The fraction of sp³-hybridized carbons (Fsp3) is 0.588. The van der Waals surface area contributed by atoms with Gasteiger partial charge in [-0.3, -0.25) is 0 Å². The second-order valence-corrected chi connectivity index (χ2v) is 6.80. The summed E-state index contributed by atoms with van der Waals surface area (Å²) in [6.07, 6.45) is 4.57. The van der Waals surface area contributed by atoms with Crippen LogP contribution in [0, 0.1) is 5.92 Å². The van der Waals surface area contributed by atoms with E-state index >= 15 is 0 Å². The Morgan fingerprint density at radius 2 is 2.13 bits per heavy atom. The molecule has 2 amide bonds. The van der Waals surface area contributed by atoms with Crippen LogP contribution >= 0.6 is 11.6 Å². The van der Waals surface area contributed by atoms with Crippen molar-refractivity contribution in [3.8, 4) is 11.5 Å². The van der Waals surface area contributed by atoms with Crippen LogP contribution in [0.1, 0.15) is 38.2 Å². The summed E-state index contributed by atoms with van der Waals surface area (Å²) in [5.41, 5.74) is 0.895. The second-order valence-electron chi connectivity index (χ2n) is 6.40. The SMILES string of the molecule is CC1CCCC(NC(=O)NCc2cc(Cl)c3c(c2)OCCO3)C1. The van der Waals surface area contributed by atoms with Gasteiger partial charge in [-0.15, -0.1) is 0 Å². The number of carbonyl (C=O) groups excluding carboxylic acids is 1. The third kappa shape index (κ3) is 4.22. The number of nitrogens with one attached hydrogen (secondary N) is 2. The van der Waals surface area contributed by atoms with E-state index in [2.05, 4.69) is 17.6 Å². The van der Waals surface area contributed by atoms with Crippen LogP contribution in [0.3, 0.4) is 0 Å². The molecule has 2 aliphatic rings. The van der Waals surface area contributed by atoms with Gasteiger partial charge >= 0.3 is 6.03 Å². The highest BCUT2D eigenvalue weighted by molar-refractivity contribution is 6.32. The van der Waals surface area contributed by atoms with Gasteiger partial charge in [-0.2, -0.15) is 0 Å². The largest absolute Gasteiger partial charge is 0.486 e. The Kier molecular flexibility index (Phi) is 5.16. The summed E-state index contributed by atoms with van der Waals surface area (Å²) in [6, 6.07) is 3.82. The molecule has 1 aliphatic carbocycles. The lowest BCUT2D eigenvalue weighted by molar-refractivity contribution is 0.171. The first-order valence-electron chi connectivity index (χ1n) is 8.24. The van der Waals surface area contributed by atoms with Gasteiger partial charge in [0.25, 0.3) is 0 Å². The van der Waals surface area contributed by atoms with E-state index < -0.39 is 0 Å². The zero-order chi connectivity index (χ0) is 16.2. The zero-order valence-corrected chi connectivity index (χ0v) is 14.1. The Balaban J connectivity index is 1.53. The molecule has 2 atom stereocenters. The first-order chi connectivity index (χ1) is 11.1. The molecule has 1 fully saturated rings. The number of hydrogen-bond donors (Lipinski definition) is 2. The molecule has 2 N–H and O–H groups in total. The van der Waals surface area contributed by atoms with Crippen molar-refractivity contribution in [2.24, 2.45) is 5.92 Å². The van der Waals surface area contributed by atoms with Crippen LogP contribution in [0.2, 0.25) is 5.02 Å². The number of urea groups is 1. The number of fused-ring (bicyclic) bond motifs is 1. The Labute approximate surface area is 141 Å². The molecule has 5 nitrogen and oxygen atoms in total. The van der Waals surface area contributed by atoms with Crippen molar-refractivity contribution in [2.75, 3.05) is 13.2 Å². The number of carbonyl (C=O) groups is 1. The van der Waals surface area contributed by atoms with E-state index in [1.54, 1.807) is 6.07 Å². The van der Waals surface area contributed by atoms with Crippen molar-refractivity contribution < 1.29 is 14.3 Å². The second kappa shape index (κ2) is 7.30. The maximum Gasteiger partial charge on any atom is 0.315 e. The van der Waals surface area contributed by atoms with E-state index in [1.165, 1.54) is 12.8 Å². The summed E-state index contributed by atoms with van der Waals surface area (Å²) in [7, 11) is 0. The molecule has 1 aliphatic heterocycles. The first kappa shape index (κ1) is 16.2. The summed E-state index contributed by atoms with van der Waals surface area (Å²) < 4.78 is 11.0. The molecule has 126 valence electrons. The normalized spacial score (nSPS) is 23.2. The van der Waals surface area contributed by atoms with E-state index in [0.717, 1.165) is 18.4 Å². The van der Waals surface area contributed by atoms with E-state index in [1.807, 2.05) is 6.07 Å². The lowest BCUT2D eigenvalue weighted by Crippen LogP contribution is -2.43. The molecule has 1 aromatic rings. The third-order valence-electron chi connectivity index (χ3n) is 4.38. The van der Waals surface area contributed by atoms with Gasteiger partial charge in [0.2, 0.25) is 0 Å². The van der Waals surface area contributed by atoms with E-state index in [4.69, 9.17) is 21.1 Å². The van der Waals surface area contributed by atoms with Crippen molar-refractivity contribution in [1.82, 2.24) is 10.6 Å². The Morgan fingerprint density at radius 1 is 1.30 bits per heavy atom. The van der Waals surface area contributed by atoms with Gasteiger partial charge in [-0.25, -0.2) is 4.79 Å².